The number of nitrogens with zero attached hydrogens (tertiary/aromatic N) is 2. The molecule has 7 heteroatoms. The Balaban J connectivity index is 1.87. The number of benzene rings is 1. The fourth-order valence-corrected chi connectivity index (χ4v) is 5.22. The maximum absolute atomic E-state index is 13.0. The summed E-state index contributed by atoms with van der Waals surface area (Å²) in [5.74, 6) is 0.641. The van der Waals surface area contributed by atoms with Crippen molar-refractivity contribution in [3.63, 3.8) is 0 Å². The molecule has 2 N–H and O–H groups in total. The van der Waals surface area contributed by atoms with Crippen LogP contribution in [0.15, 0.2) is 23.1 Å². The second kappa shape index (κ2) is 6.46. The number of carbonyl (C=O) groups is 1. The molecule has 0 saturated carbocycles. The van der Waals surface area contributed by atoms with Crippen LogP contribution >= 0.6 is 0 Å². The SMILES string of the molecule is CC(=O)N1CCc2cc(S(=O)(=O)N3CCC(C)C(CN)C3)ccc21. The second-order valence-electron chi connectivity index (χ2n) is 6.84. The molecule has 2 heterocycles. The maximum atomic E-state index is 13.0. The van der Waals surface area contributed by atoms with E-state index in [2.05, 4.69) is 6.92 Å². The summed E-state index contributed by atoms with van der Waals surface area (Å²) in [6.45, 7) is 5.80. The summed E-state index contributed by atoms with van der Waals surface area (Å²) >= 11 is 0. The third-order valence-electron chi connectivity index (χ3n) is 5.34. The zero-order valence-electron chi connectivity index (χ0n) is 14.2. The van der Waals surface area contributed by atoms with Gasteiger partial charge in [0.05, 0.1) is 4.90 Å². The summed E-state index contributed by atoms with van der Waals surface area (Å²) in [4.78, 5) is 13.6. The van der Waals surface area contributed by atoms with Crippen molar-refractivity contribution in [3.8, 4) is 0 Å². The van der Waals surface area contributed by atoms with E-state index in [1.165, 1.54) is 6.92 Å². The van der Waals surface area contributed by atoms with E-state index in [1.807, 2.05) is 0 Å². The topological polar surface area (TPSA) is 83.7 Å². The van der Waals surface area contributed by atoms with Crippen molar-refractivity contribution in [2.45, 2.75) is 31.6 Å². The Morgan fingerprint density at radius 2 is 2.08 bits per heavy atom. The van der Waals surface area contributed by atoms with Gasteiger partial charge >= 0.3 is 0 Å². The molecular formula is C17H25N3O3S. The van der Waals surface area contributed by atoms with E-state index < -0.39 is 10.0 Å². The van der Waals surface area contributed by atoms with E-state index in [0.29, 0.717) is 43.4 Å². The van der Waals surface area contributed by atoms with Crippen LogP contribution in [0.5, 0.6) is 0 Å². The highest BCUT2D eigenvalue weighted by atomic mass is 32.2. The Morgan fingerprint density at radius 3 is 2.75 bits per heavy atom. The average Bonchev–Trinajstić information content (AvgIpc) is 2.98. The van der Waals surface area contributed by atoms with Crippen LogP contribution in [0.4, 0.5) is 5.69 Å². The Bertz CT molecular complexity index is 747. The van der Waals surface area contributed by atoms with Crippen molar-refractivity contribution >= 4 is 21.6 Å². The molecule has 3 rings (SSSR count). The first-order valence-electron chi connectivity index (χ1n) is 8.46. The molecule has 132 valence electrons. The van der Waals surface area contributed by atoms with E-state index in [1.54, 1.807) is 27.4 Å². The maximum Gasteiger partial charge on any atom is 0.243 e. The van der Waals surface area contributed by atoms with Crippen LogP contribution in [0, 0.1) is 11.8 Å². The molecule has 6 nitrogen and oxygen atoms in total. The number of sulfonamides is 1. The highest BCUT2D eigenvalue weighted by Gasteiger charge is 2.34. The first-order chi connectivity index (χ1) is 11.3. The minimum absolute atomic E-state index is 0.0137. The van der Waals surface area contributed by atoms with E-state index in [0.717, 1.165) is 17.7 Å². The van der Waals surface area contributed by atoms with Crippen LogP contribution in [-0.2, 0) is 21.2 Å². The molecule has 1 aromatic rings. The summed E-state index contributed by atoms with van der Waals surface area (Å²) in [6.07, 6.45) is 1.53. The van der Waals surface area contributed by atoms with Gasteiger partial charge in [0, 0.05) is 32.2 Å². The van der Waals surface area contributed by atoms with Crippen LogP contribution in [-0.4, -0.2) is 44.8 Å². The monoisotopic (exact) mass is 351 g/mol. The molecule has 0 spiro atoms. The van der Waals surface area contributed by atoms with Crippen LogP contribution in [0.1, 0.15) is 25.8 Å². The van der Waals surface area contributed by atoms with E-state index >= 15 is 0 Å². The highest BCUT2D eigenvalue weighted by Crippen LogP contribution is 2.32. The standard InChI is InChI=1S/C17H25N3O3S/c1-12-5-7-19(11-15(12)10-18)24(22,23)16-3-4-17-14(9-16)6-8-20(17)13(2)21/h3-4,9,12,15H,5-8,10-11,18H2,1-2H3. The van der Waals surface area contributed by atoms with Gasteiger partial charge in [-0.15, -0.1) is 0 Å². The normalized spacial score (nSPS) is 24.9. The molecule has 2 aliphatic heterocycles. The molecule has 0 aliphatic carbocycles. The molecule has 2 atom stereocenters. The predicted octanol–water partition coefficient (Wildman–Crippen LogP) is 1.20. The predicted molar refractivity (Wildman–Crippen MR) is 93.3 cm³/mol. The molecule has 1 aromatic carbocycles. The van der Waals surface area contributed by atoms with Crippen LogP contribution < -0.4 is 10.6 Å². The van der Waals surface area contributed by atoms with Gasteiger partial charge in [-0.3, -0.25) is 4.79 Å². The number of piperidine rings is 1. The van der Waals surface area contributed by atoms with E-state index in [-0.39, 0.29) is 11.8 Å². The molecule has 1 saturated heterocycles. The van der Waals surface area contributed by atoms with E-state index in [4.69, 9.17) is 5.73 Å². The molecule has 2 unspecified atom stereocenters. The Labute approximate surface area is 143 Å². The van der Waals surface area contributed by atoms with Crippen molar-refractivity contribution in [2.75, 3.05) is 31.1 Å². The fourth-order valence-electron chi connectivity index (χ4n) is 3.66. The summed E-state index contributed by atoms with van der Waals surface area (Å²) in [5, 5.41) is 0. The number of hydrogen-bond acceptors (Lipinski definition) is 4. The largest absolute Gasteiger partial charge is 0.330 e. The molecule has 0 radical (unpaired) electrons. The third kappa shape index (κ3) is 2.96. The van der Waals surface area contributed by atoms with Crippen molar-refractivity contribution in [1.82, 2.24) is 4.31 Å². The minimum Gasteiger partial charge on any atom is -0.330 e. The van der Waals surface area contributed by atoms with Gasteiger partial charge in [0.2, 0.25) is 15.9 Å². The average molecular weight is 351 g/mol. The molecule has 24 heavy (non-hydrogen) atoms. The smallest absolute Gasteiger partial charge is 0.243 e. The number of anilines is 1. The van der Waals surface area contributed by atoms with Gasteiger partial charge in [0.1, 0.15) is 0 Å². The van der Waals surface area contributed by atoms with Crippen molar-refractivity contribution < 1.29 is 13.2 Å². The summed E-state index contributed by atoms with van der Waals surface area (Å²) in [7, 11) is -3.51. The number of nitrogens with two attached hydrogens (primary N) is 1. The molecule has 1 fully saturated rings. The number of amides is 1. The first-order valence-corrected chi connectivity index (χ1v) is 9.90. The van der Waals surface area contributed by atoms with Gasteiger partial charge in [0.25, 0.3) is 0 Å². The van der Waals surface area contributed by atoms with Crippen LogP contribution in [0.2, 0.25) is 0 Å². The quantitative estimate of drug-likeness (QED) is 0.887. The lowest BCUT2D eigenvalue weighted by Gasteiger charge is -2.35. The molecule has 0 bridgehead atoms. The molecule has 2 aliphatic rings. The third-order valence-corrected chi connectivity index (χ3v) is 7.20. The highest BCUT2D eigenvalue weighted by molar-refractivity contribution is 7.89. The molecule has 0 aromatic heterocycles. The second-order valence-corrected chi connectivity index (χ2v) is 8.77. The number of fused-ring (bicyclic) bond motifs is 1. The molecule has 1 amide bonds. The number of rotatable bonds is 3. The van der Waals surface area contributed by atoms with Crippen molar-refractivity contribution in [2.24, 2.45) is 17.6 Å². The summed E-state index contributed by atoms with van der Waals surface area (Å²) in [6, 6.07) is 5.09. The Kier molecular flexibility index (Phi) is 4.68. The van der Waals surface area contributed by atoms with Gasteiger partial charge in [-0.2, -0.15) is 4.31 Å². The summed E-state index contributed by atoms with van der Waals surface area (Å²) in [5.41, 5.74) is 7.55. The van der Waals surface area contributed by atoms with Crippen molar-refractivity contribution in [1.29, 1.82) is 0 Å². The van der Waals surface area contributed by atoms with Gasteiger partial charge in [-0.25, -0.2) is 8.42 Å². The lowest BCUT2D eigenvalue weighted by atomic mass is 9.88. The Hall–Kier alpha value is -1.44. The Morgan fingerprint density at radius 1 is 1.33 bits per heavy atom. The summed E-state index contributed by atoms with van der Waals surface area (Å²) < 4.78 is 27.5. The van der Waals surface area contributed by atoms with Gasteiger partial charge in [-0.1, -0.05) is 6.92 Å². The van der Waals surface area contributed by atoms with Crippen molar-refractivity contribution in [3.05, 3.63) is 23.8 Å². The first kappa shape index (κ1) is 17.4. The number of hydrogen-bond donors (Lipinski definition) is 1. The van der Waals surface area contributed by atoms with Crippen LogP contribution in [0.25, 0.3) is 0 Å². The minimum atomic E-state index is -3.51. The van der Waals surface area contributed by atoms with Gasteiger partial charge in [-0.05, 0) is 55.0 Å². The lowest BCUT2D eigenvalue weighted by molar-refractivity contribution is -0.116. The van der Waals surface area contributed by atoms with Gasteiger partial charge in [0.15, 0.2) is 0 Å². The lowest BCUT2D eigenvalue weighted by Crippen LogP contribution is -2.45. The number of carbonyl (C=O) groups excluding carboxylic acids is 1. The van der Waals surface area contributed by atoms with E-state index in [9.17, 15) is 13.2 Å². The van der Waals surface area contributed by atoms with Gasteiger partial charge < -0.3 is 10.6 Å². The zero-order chi connectivity index (χ0) is 17.5. The van der Waals surface area contributed by atoms with Crippen LogP contribution in [0.3, 0.4) is 0 Å². The molecular weight excluding hydrogens is 326 g/mol. The fraction of sp³-hybridized carbons (Fsp3) is 0.588. The zero-order valence-corrected chi connectivity index (χ0v) is 15.1.